The number of anilines is 1. The number of nitrogens with zero attached hydrogens (tertiary/aromatic N) is 4. The third-order valence-corrected chi connectivity index (χ3v) is 6.33. The van der Waals surface area contributed by atoms with Crippen LogP contribution in [-0.4, -0.2) is 49.1 Å². The van der Waals surface area contributed by atoms with Gasteiger partial charge < -0.3 is 20.3 Å². The Morgan fingerprint density at radius 3 is 2.70 bits per heavy atom. The van der Waals surface area contributed by atoms with Gasteiger partial charge in [0.05, 0.1) is 24.3 Å². The molecule has 1 amide bonds. The van der Waals surface area contributed by atoms with Gasteiger partial charge in [-0.1, -0.05) is 12.1 Å². The van der Waals surface area contributed by atoms with E-state index in [0.717, 1.165) is 10.4 Å². The fourth-order valence-corrected chi connectivity index (χ4v) is 4.46. The van der Waals surface area contributed by atoms with Crippen LogP contribution in [0.4, 0.5) is 18.9 Å². The minimum absolute atomic E-state index is 0.0233. The van der Waals surface area contributed by atoms with Gasteiger partial charge >= 0.3 is 0 Å². The molecule has 192 valence electrons. The molecule has 4 heterocycles. The number of rotatable bonds is 6. The molecule has 1 aromatic carbocycles. The summed E-state index contributed by atoms with van der Waals surface area (Å²) < 4.78 is 45.3. The molecule has 0 unspecified atom stereocenters. The van der Waals surface area contributed by atoms with Crippen LogP contribution in [0.1, 0.15) is 27.3 Å². The Morgan fingerprint density at radius 2 is 2.00 bits per heavy atom. The number of amides is 1. The summed E-state index contributed by atoms with van der Waals surface area (Å²) in [5.41, 5.74) is -0.523. The van der Waals surface area contributed by atoms with Crippen molar-refractivity contribution in [3.8, 4) is 5.75 Å². The zero-order valence-electron chi connectivity index (χ0n) is 19.8. The van der Waals surface area contributed by atoms with Crippen molar-refractivity contribution in [3.05, 3.63) is 81.5 Å². The summed E-state index contributed by atoms with van der Waals surface area (Å²) in [4.78, 5) is 34.6. The Kier molecular flexibility index (Phi) is 6.10. The average molecular weight is 512 g/mol. The highest BCUT2D eigenvalue weighted by molar-refractivity contribution is 6.04. The Bertz CT molecular complexity index is 1560. The lowest BCUT2D eigenvalue weighted by atomic mass is 10.0. The van der Waals surface area contributed by atoms with Crippen molar-refractivity contribution in [3.63, 3.8) is 0 Å². The van der Waals surface area contributed by atoms with Gasteiger partial charge in [-0.3, -0.25) is 19.1 Å². The molecule has 0 saturated carbocycles. The molecule has 12 heteroatoms. The summed E-state index contributed by atoms with van der Waals surface area (Å²) in [6, 6.07) is 5.68. The summed E-state index contributed by atoms with van der Waals surface area (Å²) in [6.45, 7) is 0.491. The normalized spacial score (nSPS) is 14.3. The van der Waals surface area contributed by atoms with Crippen LogP contribution >= 0.6 is 0 Å². The topological polar surface area (TPSA) is 114 Å². The molecule has 0 saturated heterocycles. The molecule has 3 N–H and O–H groups in total. The quantitative estimate of drug-likeness (QED) is 0.366. The molecule has 3 aromatic heterocycles. The number of carbonyl (C=O) groups excluding carboxylic acids is 1. The van der Waals surface area contributed by atoms with E-state index in [1.165, 1.54) is 18.3 Å². The van der Waals surface area contributed by atoms with Crippen LogP contribution in [0, 0.1) is 12.7 Å². The lowest BCUT2D eigenvalue weighted by Gasteiger charge is -2.17. The summed E-state index contributed by atoms with van der Waals surface area (Å²) in [5.74, 6) is -4.60. The maximum Gasteiger partial charge on any atom is 0.282 e. The second-order valence-electron chi connectivity index (χ2n) is 8.91. The number of carbonyl (C=O) groups is 1. The molecule has 1 aliphatic heterocycles. The predicted molar refractivity (Wildman–Crippen MR) is 130 cm³/mol. The van der Waals surface area contributed by atoms with Crippen molar-refractivity contribution in [2.24, 2.45) is 0 Å². The van der Waals surface area contributed by atoms with Crippen LogP contribution in [0.25, 0.3) is 11.0 Å². The first kappa shape index (κ1) is 24.3. The van der Waals surface area contributed by atoms with Crippen LogP contribution in [-0.2, 0) is 19.5 Å². The van der Waals surface area contributed by atoms with Crippen molar-refractivity contribution >= 4 is 22.6 Å². The molecule has 37 heavy (non-hydrogen) atoms. The van der Waals surface area contributed by atoms with E-state index in [-0.39, 0.29) is 29.7 Å². The zero-order valence-corrected chi connectivity index (χ0v) is 19.8. The number of aromatic hydroxyl groups is 1. The first-order valence-corrected chi connectivity index (χ1v) is 11.5. The number of aryl methyl sites for hydroxylation is 1. The molecule has 9 nitrogen and oxygen atoms in total. The van der Waals surface area contributed by atoms with Crippen LogP contribution in [0.2, 0.25) is 0 Å². The summed E-state index contributed by atoms with van der Waals surface area (Å²) in [7, 11) is 0. The monoisotopic (exact) mass is 512 g/mol. The third kappa shape index (κ3) is 4.61. The summed E-state index contributed by atoms with van der Waals surface area (Å²) in [6.07, 6.45) is 4.92. The van der Waals surface area contributed by atoms with Gasteiger partial charge in [0.1, 0.15) is 22.7 Å². The number of nitrogens with one attached hydrogen (secondary N) is 2. The van der Waals surface area contributed by atoms with Crippen LogP contribution in [0.15, 0.2) is 47.7 Å². The first-order valence-electron chi connectivity index (χ1n) is 11.5. The molecule has 0 aliphatic carbocycles. The molecule has 0 bridgehead atoms. The number of hydrogen-bond acceptors (Lipinski definition) is 6. The van der Waals surface area contributed by atoms with E-state index in [9.17, 15) is 27.9 Å². The number of imidazole rings is 1. The molecule has 0 spiro atoms. The molecule has 4 aromatic rings. The Balaban J connectivity index is 1.57. The fraction of sp³-hybridized carbons (Fsp3) is 0.280. The number of pyridine rings is 2. The van der Waals surface area contributed by atoms with Gasteiger partial charge in [0, 0.05) is 43.7 Å². The number of alkyl halides is 2. The van der Waals surface area contributed by atoms with Gasteiger partial charge in [0.25, 0.3) is 17.4 Å². The number of benzene rings is 1. The van der Waals surface area contributed by atoms with E-state index in [1.54, 1.807) is 36.0 Å². The Hall–Kier alpha value is -4.35. The molecule has 0 atom stereocenters. The maximum atomic E-state index is 14.7. The van der Waals surface area contributed by atoms with Crippen molar-refractivity contribution in [2.45, 2.75) is 32.4 Å². The molecular formula is C25H23F3N6O3. The standard InChI is InChI=1S/C25H23F3N6O3/c1-14-29-6-8-33(14)9-7-30-23(36)18-22(35)20-21-19(32-12-25(27,28)13-34(21)24(18)37)16(11-31-20)10-15-2-4-17(26)5-3-15/h2-6,8,11,32,35H,7,9-10,12-13H2,1H3,(H,30,36). The molecule has 1 aliphatic rings. The maximum absolute atomic E-state index is 14.7. The highest BCUT2D eigenvalue weighted by atomic mass is 19.3. The lowest BCUT2D eigenvalue weighted by Crippen LogP contribution is -2.38. The van der Waals surface area contributed by atoms with Gasteiger partial charge in [0.15, 0.2) is 5.75 Å². The minimum Gasteiger partial charge on any atom is -0.505 e. The Morgan fingerprint density at radius 1 is 1.24 bits per heavy atom. The van der Waals surface area contributed by atoms with Gasteiger partial charge in [-0.05, 0) is 24.6 Å². The fourth-order valence-electron chi connectivity index (χ4n) is 4.46. The van der Waals surface area contributed by atoms with E-state index < -0.39 is 47.6 Å². The summed E-state index contributed by atoms with van der Waals surface area (Å²) >= 11 is 0. The number of halogens is 3. The molecular weight excluding hydrogens is 489 g/mol. The molecule has 0 radical (unpaired) electrons. The zero-order chi connectivity index (χ0) is 26.3. The molecule has 0 fully saturated rings. The second kappa shape index (κ2) is 9.26. The van der Waals surface area contributed by atoms with E-state index in [1.807, 2.05) is 0 Å². The lowest BCUT2D eigenvalue weighted by molar-refractivity contribution is -0.000937. The van der Waals surface area contributed by atoms with Crippen molar-refractivity contribution < 1.29 is 23.1 Å². The highest BCUT2D eigenvalue weighted by Crippen LogP contribution is 2.36. The predicted octanol–water partition coefficient (Wildman–Crippen LogP) is 2.83. The minimum atomic E-state index is -3.33. The van der Waals surface area contributed by atoms with E-state index in [4.69, 9.17) is 0 Å². The average Bonchev–Trinajstić information content (AvgIpc) is 3.19. The van der Waals surface area contributed by atoms with Crippen molar-refractivity contribution in [1.29, 1.82) is 0 Å². The second-order valence-corrected chi connectivity index (χ2v) is 8.91. The van der Waals surface area contributed by atoms with E-state index in [2.05, 4.69) is 20.6 Å². The van der Waals surface area contributed by atoms with Gasteiger partial charge in [-0.2, -0.15) is 0 Å². The number of aromatic nitrogens is 4. The van der Waals surface area contributed by atoms with Crippen LogP contribution < -0.4 is 16.2 Å². The van der Waals surface area contributed by atoms with Crippen LogP contribution in [0.5, 0.6) is 5.75 Å². The van der Waals surface area contributed by atoms with E-state index >= 15 is 0 Å². The third-order valence-electron chi connectivity index (χ3n) is 6.33. The molecule has 5 rings (SSSR count). The highest BCUT2D eigenvalue weighted by Gasteiger charge is 2.37. The summed E-state index contributed by atoms with van der Waals surface area (Å²) in [5, 5.41) is 16.2. The van der Waals surface area contributed by atoms with Crippen LogP contribution in [0.3, 0.4) is 0 Å². The van der Waals surface area contributed by atoms with E-state index in [0.29, 0.717) is 17.7 Å². The number of hydrogen-bond donors (Lipinski definition) is 3. The largest absolute Gasteiger partial charge is 0.505 e. The first-order chi connectivity index (χ1) is 17.6. The van der Waals surface area contributed by atoms with Gasteiger partial charge in [0.2, 0.25) is 0 Å². The van der Waals surface area contributed by atoms with Crippen molar-refractivity contribution in [2.75, 3.05) is 18.4 Å². The smallest absolute Gasteiger partial charge is 0.282 e. The Labute approximate surface area is 208 Å². The van der Waals surface area contributed by atoms with Gasteiger partial charge in [-0.25, -0.2) is 18.2 Å². The SMILES string of the molecule is Cc1nccn1CCNC(=O)c1c(O)c2ncc(Cc3ccc(F)cc3)c3c2n(c1=O)CC(F)(F)CN3. The van der Waals surface area contributed by atoms with Gasteiger partial charge in [-0.15, -0.1) is 0 Å². The van der Waals surface area contributed by atoms with Crippen molar-refractivity contribution in [1.82, 2.24) is 24.4 Å².